The van der Waals surface area contributed by atoms with Crippen LogP contribution < -0.4 is 0 Å². The number of benzene rings is 1. The predicted molar refractivity (Wildman–Crippen MR) is 166 cm³/mol. The van der Waals surface area contributed by atoms with E-state index in [0.717, 1.165) is 18.2 Å². The maximum Gasteiger partial charge on any atom is 0.305 e. The number of hydrogen-bond donors (Lipinski definition) is 13. The van der Waals surface area contributed by atoms with Crippen LogP contribution in [0.5, 0.6) is 11.5 Å². The Morgan fingerprint density at radius 1 is 0.731 bits per heavy atom. The molecule has 5 aliphatic rings. The lowest BCUT2D eigenvalue weighted by atomic mass is 9.96. The number of aliphatic hydroxyl groups excluding tert-OH is 11. The molecule has 3 saturated heterocycles. The van der Waals surface area contributed by atoms with Crippen LogP contribution in [0.25, 0.3) is 5.76 Å². The molecule has 1 aliphatic carbocycles. The second-order valence-corrected chi connectivity index (χ2v) is 12.7. The minimum Gasteiger partial charge on any atom is -0.571 e. The summed E-state index contributed by atoms with van der Waals surface area (Å²) in [6.07, 6.45) is -21.3. The number of fused-ring (bicyclic) bond motifs is 1. The molecule has 14 N–H and O–H groups in total. The van der Waals surface area contributed by atoms with Crippen LogP contribution in [0, 0.1) is 0 Å². The monoisotopic (exact) mass is 745 g/mol. The minimum atomic E-state index is -1.95. The third kappa shape index (κ3) is 7.44. The average Bonchev–Trinajstić information content (AvgIpc) is 3.11. The molecule has 0 bridgehead atoms. The van der Waals surface area contributed by atoms with Gasteiger partial charge in [0, 0.05) is 18.2 Å². The summed E-state index contributed by atoms with van der Waals surface area (Å²) in [4.78, 5) is 0. The molecule has 4 heterocycles. The topological polar surface area (TPSA) is 331 Å². The van der Waals surface area contributed by atoms with Gasteiger partial charge in [0.1, 0.15) is 72.6 Å². The van der Waals surface area contributed by atoms with Crippen molar-refractivity contribution in [3.8, 4) is 11.5 Å². The first-order valence-electron chi connectivity index (χ1n) is 16.1. The van der Waals surface area contributed by atoms with Crippen molar-refractivity contribution in [3.05, 3.63) is 64.8 Å². The molecule has 1 aromatic rings. The van der Waals surface area contributed by atoms with Crippen LogP contribution in [0.3, 0.4) is 0 Å². The Kier molecular flexibility index (Phi) is 11.3. The maximum atomic E-state index is 11.4. The van der Waals surface area contributed by atoms with Crippen molar-refractivity contribution in [1.82, 2.24) is 0 Å². The van der Waals surface area contributed by atoms with Gasteiger partial charge in [-0.1, -0.05) is 0 Å². The molecule has 3 fully saturated rings. The van der Waals surface area contributed by atoms with Gasteiger partial charge in [0.15, 0.2) is 30.2 Å². The van der Waals surface area contributed by atoms with Crippen molar-refractivity contribution in [2.75, 3.05) is 19.8 Å². The van der Waals surface area contributed by atoms with Gasteiger partial charge in [-0.3, -0.25) is 0 Å². The van der Waals surface area contributed by atoms with Crippen LogP contribution in [-0.2, 0) is 28.4 Å². The molecule has 0 amide bonds. The van der Waals surface area contributed by atoms with Gasteiger partial charge in [-0.15, -0.1) is 0 Å². The molecule has 0 spiro atoms. The van der Waals surface area contributed by atoms with Crippen molar-refractivity contribution in [3.63, 3.8) is 0 Å². The van der Waals surface area contributed by atoms with Gasteiger partial charge in [0.25, 0.3) is 0 Å². The van der Waals surface area contributed by atoms with Crippen molar-refractivity contribution >= 4 is 5.76 Å². The summed E-state index contributed by atoms with van der Waals surface area (Å²) in [7, 11) is 0. The Morgan fingerprint density at radius 3 is 2.13 bits per heavy atom. The van der Waals surface area contributed by atoms with Gasteiger partial charge in [-0.2, -0.15) is 0 Å². The molecule has 4 aliphatic heterocycles. The first-order chi connectivity index (χ1) is 24.7. The Labute approximate surface area is 293 Å². The quantitative estimate of drug-likeness (QED) is 0.0838. The fraction of sp³-hybridized carbons (Fsp3) is 0.562. The zero-order chi connectivity index (χ0) is 37.6. The smallest absolute Gasteiger partial charge is 0.305 e. The fourth-order valence-electron chi connectivity index (χ4n) is 6.19. The lowest BCUT2D eigenvalue weighted by Gasteiger charge is -2.45. The summed E-state index contributed by atoms with van der Waals surface area (Å²) < 4.78 is 38.7. The molecule has 52 heavy (non-hydrogen) atoms. The highest BCUT2D eigenvalue weighted by Gasteiger charge is 2.52. The van der Waals surface area contributed by atoms with E-state index in [1.807, 2.05) is 0 Å². The largest absolute Gasteiger partial charge is 0.571 e. The second kappa shape index (κ2) is 15.4. The number of ether oxygens (including phenoxy) is 7. The molecule has 0 saturated carbocycles. The van der Waals surface area contributed by atoms with Gasteiger partial charge >= 0.3 is 5.76 Å². The molecule has 20 nitrogen and oxygen atoms in total. The molecule has 15 unspecified atom stereocenters. The number of phenols is 2. The molecule has 288 valence electrons. The number of allylic oxidation sites excluding steroid dienone is 2. The summed E-state index contributed by atoms with van der Waals surface area (Å²) in [6.45, 7) is -1.92. The zero-order valence-corrected chi connectivity index (χ0v) is 27.0. The number of aliphatic hydroxyl groups is 13. The van der Waals surface area contributed by atoms with E-state index in [1.165, 1.54) is 18.2 Å². The van der Waals surface area contributed by atoms with E-state index in [9.17, 15) is 66.4 Å². The predicted octanol–water partition coefficient (Wildman–Crippen LogP) is -4.40. The molecule has 0 radical (unpaired) electrons. The van der Waals surface area contributed by atoms with E-state index >= 15 is 0 Å². The maximum absolute atomic E-state index is 11.4. The van der Waals surface area contributed by atoms with Crippen LogP contribution in [0.2, 0.25) is 0 Å². The van der Waals surface area contributed by atoms with E-state index in [-0.39, 0.29) is 28.4 Å². The number of hydrogen-bond acceptors (Lipinski definition) is 19. The Bertz CT molecular complexity index is 1570. The SMILES string of the molecule is OCC1OC(OCC2OC(OC3=C(c4ccc(O)c(O)c4)[OH+]C4C=C(O)C=C(O)C4=C3)C(OC3OCC(O)C(O)C3O)C(O)C2O)C(O)C(O)C1O. The van der Waals surface area contributed by atoms with Crippen molar-refractivity contribution in [2.45, 2.75) is 92.1 Å². The van der Waals surface area contributed by atoms with Gasteiger partial charge < -0.3 is 99.5 Å². The summed E-state index contributed by atoms with van der Waals surface area (Å²) in [5, 5.41) is 134. The second-order valence-electron chi connectivity index (χ2n) is 12.7. The molecule has 0 aromatic heterocycles. The van der Waals surface area contributed by atoms with Gasteiger partial charge in [0.05, 0.1) is 37.0 Å². The minimum absolute atomic E-state index is 0.0348. The van der Waals surface area contributed by atoms with Crippen LogP contribution >= 0.6 is 0 Å². The molecular formula is C32H41O20+. The molecule has 20 heteroatoms. The van der Waals surface area contributed by atoms with Crippen LogP contribution in [0.15, 0.2) is 59.3 Å². The van der Waals surface area contributed by atoms with E-state index in [1.54, 1.807) is 0 Å². The van der Waals surface area contributed by atoms with Gasteiger partial charge in [-0.25, -0.2) is 0 Å². The third-order valence-electron chi connectivity index (χ3n) is 9.17. The van der Waals surface area contributed by atoms with Crippen LogP contribution in [0.1, 0.15) is 5.56 Å². The van der Waals surface area contributed by atoms with Crippen molar-refractivity contribution in [1.29, 1.82) is 0 Å². The highest BCUT2D eigenvalue weighted by Crippen LogP contribution is 2.39. The van der Waals surface area contributed by atoms with E-state index in [0.29, 0.717) is 0 Å². The van der Waals surface area contributed by atoms with E-state index in [2.05, 4.69) is 4.74 Å². The molecule has 1 aromatic carbocycles. The Balaban J connectivity index is 1.33. The summed E-state index contributed by atoms with van der Waals surface area (Å²) in [5.41, 5.74) is 0.279. The van der Waals surface area contributed by atoms with Crippen LogP contribution in [-0.4, -0.2) is 183 Å². The van der Waals surface area contributed by atoms with Gasteiger partial charge in [0.2, 0.25) is 18.2 Å². The van der Waals surface area contributed by atoms with Gasteiger partial charge in [-0.05, 0) is 12.1 Å². The lowest BCUT2D eigenvalue weighted by molar-refractivity contribution is -0.359. The average molecular weight is 746 g/mol. The first-order valence-corrected chi connectivity index (χ1v) is 16.1. The fourth-order valence-corrected chi connectivity index (χ4v) is 6.19. The highest BCUT2D eigenvalue weighted by molar-refractivity contribution is 5.69. The standard InChI is InChI=1S/C32H40O20/c33-7-19-22(40)24(42)27(45)30(50-19)47-9-20-23(41)25(43)29(52-31-26(44)21(39)16(38)8-46-31)32(51-20)49-18-6-12-14(36)4-11(34)5-17(12)48-28(18)10-1-2-13(35)15(37)3-10/h1-6,16-17,19-27,29-45H,7-9H2/p+1. The van der Waals surface area contributed by atoms with E-state index < -0.39 is 129 Å². The Morgan fingerprint density at radius 2 is 1.42 bits per heavy atom. The normalized spacial score (nSPS) is 40.9. The molecular weight excluding hydrogens is 704 g/mol. The summed E-state index contributed by atoms with van der Waals surface area (Å²) in [6, 6.07) is 3.66. The Hall–Kier alpha value is -3.58. The third-order valence-corrected chi connectivity index (χ3v) is 9.17. The van der Waals surface area contributed by atoms with Crippen molar-refractivity contribution < 1.29 is 99.5 Å². The zero-order valence-electron chi connectivity index (χ0n) is 27.0. The molecule has 15 atom stereocenters. The number of aromatic hydroxyl groups is 2. The lowest BCUT2D eigenvalue weighted by Crippen LogP contribution is -2.64. The first kappa shape index (κ1) is 38.2. The number of rotatable bonds is 9. The number of phenolic OH excluding ortho intramolecular Hbond substituents is 2. The molecule has 6 rings (SSSR count). The van der Waals surface area contributed by atoms with Crippen LogP contribution in [0.4, 0.5) is 0 Å². The summed E-state index contributed by atoms with van der Waals surface area (Å²) in [5.74, 6) is -1.94. The van der Waals surface area contributed by atoms with E-state index in [4.69, 9.17) is 28.4 Å². The summed E-state index contributed by atoms with van der Waals surface area (Å²) >= 11 is 0. The van der Waals surface area contributed by atoms with Crippen molar-refractivity contribution in [2.24, 2.45) is 0 Å². The highest BCUT2D eigenvalue weighted by atomic mass is 16.8.